The van der Waals surface area contributed by atoms with Gasteiger partial charge in [0.15, 0.2) is 11.5 Å². The summed E-state index contributed by atoms with van der Waals surface area (Å²) in [4.78, 5) is 0. The van der Waals surface area contributed by atoms with Crippen LogP contribution >= 0.6 is 0 Å². The van der Waals surface area contributed by atoms with Gasteiger partial charge in [-0.2, -0.15) is 0 Å². The van der Waals surface area contributed by atoms with Gasteiger partial charge in [0.25, 0.3) is 0 Å². The lowest BCUT2D eigenvalue weighted by molar-refractivity contribution is 0.232. The van der Waals surface area contributed by atoms with Crippen LogP contribution in [0.25, 0.3) is 0 Å². The van der Waals surface area contributed by atoms with E-state index < -0.39 is 7.12 Å². The maximum atomic E-state index is 9.38. The smallest absolute Gasteiger partial charge is 0.488 e. The van der Waals surface area contributed by atoms with Gasteiger partial charge in [-0.15, -0.1) is 0 Å². The number of aromatic hydroxyl groups is 1. The molecule has 1 rings (SSSR count). The Morgan fingerprint density at radius 2 is 1.93 bits per heavy atom. The number of rotatable bonds is 3. The molecule has 3 N–H and O–H groups in total. The van der Waals surface area contributed by atoms with Crippen LogP contribution in [-0.2, 0) is 0 Å². The second-order valence-corrected chi connectivity index (χ2v) is 3.27. The molecule has 76 valence electrons. The molecule has 0 radical (unpaired) electrons. The molecule has 0 bridgehead atoms. The highest BCUT2D eigenvalue weighted by molar-refractivity contribution is 6.58. The fourth-order valence-corrected chi connectivity index (χ4v) is 1.04. The van der Waals surface area contributed by atoms with Gasteiger partial charge in [0.2, 0.25) is 0 Å². The standard InChI is InChI=1S/C9H13BO4/c1-6(2)14-9-5-7(10(12)13)3-4-8(9)11/h3-6,11-13H,1-2H3. The lowest BCUT2D eigenvalue weighted by atomic mass is 9.80. The van der Waals surface area contributed by atoms with Crippen LogP contribution in [-0.4, -0.2) is 28.4 Å². The van der Waals surface area contributed by atoms with Crippen molar-refractivity contribution in [2.45, 2.75) is 20.0 Å². The molecule has 0 aliphatic carbocycles. The van der Waals surface area contributed by atoms with Crippen LogP contribution in [0.2, 0.25) is 0 Å². The van der Waals surface area contributed by atoms with E-state index in [1.165, 1.54) is 18.2 Å². The first-order valence-electron chi connectivity index (χ1n) is 4.36. The van der Waals surface area contributed by atoms with Crippen LogP contribution < -0.4 is 10.2 Å². The third kappa shape index (κ3) is 2.65. The molecular weight excluding hydrogens is 183 g/mol. The van der Waals surface area contributed by atoms with Gasteiger partial charge in [0.1, 0.15) is 0 Å². The second-order valence-electron chi connectivity index (χ2n) is 3.27. The zero-order chi connectivity index (χ0) is 10.7. The summed E-state index contributed by atoms with van der Waals surface area (Å²) >= 11 is 0. The van der Waals surface area contributed by atoms with Crippen LogP contribution in [0.5, 0.6) is 11.5 Å². The summed E-state index contributed by atoms with van der Waals surface area (Å²) in [5.41, 5.74) is 0.290. The van der Waals surface area contributed by atoms with Crippen LogP contribution in [0.1, 0.15) is 13.8 Å². The maximum Gasteiger partial charge on any atom is 0.488 e. The number of benzene rings is 1. The molecule has 0 saturated carbocycles. The Hall–Kier alpha value is -1.20. The zero-order valence-electron chi connectivity index (χ0n) is 8.14. The van der Waals surface area contributed by atoms with Crippen LogP contribution in [0.4, 0.5) is 0 Å². The van der Waals surface area contributed by atoms with Crippen molar-refractivity contribution in [3.05, 3.63) is 18.2 Å². The normalized spacial score (nSPS) is 10.4. The van der Waals surface area contributed by atoms with Gasteiger partial charge in [-0.1, -0.05) is 6.07 Å². The van der Waals surface area contributed by atoms with Crippen molar-refractivity contribution in [3.8, 4) is 11.5 Å². The average Bonchev–Trinajstić information content (AvgIpc) is 2.07. The molecule has 0 amide bonds. The fraction of sp³-hybridized carbons (Fsp3) is 0.333. The van der Waals surface area contributed by atoms with Gasteiger partial charge in [-0.05, 0) is 31.4 Å². The number of ether oxygens (including phenoxy) is 1. The van der Waals surface area contributed by atoms with Gasteiger partial charge < -0.3 is 19.9 Å². The van der Waals surface area contributed by atoms with Crippen molar-refractivity contribution in [1.29, 1.82) is 0 Å². The number of phenols is 1. The van der Waals surface area contributed by atoms with E-state index in [2.05, 4.69) is 0 Å². The third-order valence-electron chi connectivity index (χ3n) is 1.64. The molecule has 0 aromatic heterocycles. The number of phenolic OH excluding ortho intramolecular Hbond substituents is 1. The highest BCUT2D eigenvalue weighted by Gasteiger charge is 2.14. The largest absolute Gasteiger partial charge is 0.504 e. The van der Waals surface area contributed by atoms with Gasteiger partial charge in [0.05, 0.1) is 6.10 Å². The van der Waals surface area contributed by atoms with Gasteiger partial charge in [-0.3, -0.25) is 0 Å². The molecular formula is C9H13BO4. The lowest BCUT2D eigenvalue weighted by Crippen LogP contribution is -2.29. The molecule has 0 aliphatic rings. The Morgan fingerprint density at radius 1 is 1.29 bits per heavy atom. The van der Waals surface area contributed by atoms with Gasteiger partial charge in [-0.25, -0.2) is 0 Å². The van der Waals surface area contributed by atoms with E-state index in [-0.39, 0.29) is 17.6 Å². The summed E-state index contributed by atoms with van der Waals surface area (Å²) in [5, 5.41) is 27.2. The molecule has 4 nitrogen and oxygen atoms in total. The molecule has 1 aromatic carbocycles. The predicted molar refractivity (Wildman–Crippen MR) is 53.7 cm³/mol. The first-order valence-corrected chi connectivity index (χ1v) is 4.36. The van der Waals surface area contributed by atoms with E-state index >= 15 is 0 Å². The van der Waals surface area contributed by atoms with Gasteiger partial charge in [0, 0.05) is 0 Å². The first kappa shape index (κ1) is 10.9. The Kier molecular flexibility index (Phi) is 3.38. The summed E-state index contributed by atoms with van der Waals surface area (Å²) in [6.45, 7) is 3.64. The van der Waals surface area contributed by atoms with E-state index in [1.807, 2.05) is 13.8 Å². The first-order chi connectivity index (χ1) is 6.50. The topological polar surface area (TPSA) is 69.9 Å². The minimum Gasteiger partial charge on any atom is -0.504 e. The van der Waals surface area contributed by atoms with E-state index in [0.29, 0.717) is 5.46 Å². The Bertz CT molecular complexity index is 312. The van der Waals surface area contributed by atoms with Crippen molar-refractivity contribution in [2.24, 2.45) is 0 Å². The predicted octanol–water partition coefficient (Wildman–Crippen LogP) is -0.141. The highest BCUT2D eigenvalue weighted by Crippen LogP contribution is 2.24. The highest BCUT2D eigenvalue weighted by atomic mass is 16.5. The summed E-state index contributed by atoms with van der Waals surface area (Å²) in [5.74, 6) is 0.244. The SMILES string of the molecule is CC(C)Oc1cc(B(O)O)ccc1O. The second kappa shape index (κ2) is 4.35. The molecule has 0 spiro atoms. The summed E-state index contributed by atoms with van der Waals surface area (Å²) in [6.07, 6.45) is -0.0769. The Labute approximate surface area is 82.9 Å². The molecule has 0 atom stereocenters. The summed E-state index contributed by atoms with van der Waals surface area (Å²) in [7, 11) is -1.55. The van der Waals surface area contributed by atoms with Crippen molar-refractivity contribution in [3.63, 3.8) is 0 Å². The Morgan fingerprint density at radius 3 is 2.43 bits per heavy atom. The van der Waals surface area contributed by atoms with E-state index in [0.717, 1.165) is 0 Å². The average molecular weight is 196 g/mol. The zero-order valence-corrected chi connectivity index (χ0v) is 8.14. The molecule has 14 heavy (non-hydrogen) atoms. The molecule has 5 heteroatoms. The molecule has 0 fully saturated rings. The number of hydrogen-bond donors (Lipinski definition) is 3. The Balaban J connectivity index is 2.96. The van der Waals surface area contributed by atoms with Gasteiger partial charge >= 0.3 is 7.12 Å². The van der Waals surface area contributed by atoms with Crippen molar-refractivity contribution in [2.75, 3.05) is 0 Å². The summed E-state index contributed by atoms with van der Waals surface area (Å²) in [6, 6.07) is 4.19. The van der Waals surface area contributed by atoms with Crippen molar-refractivity contribution >= 4 is 12.6 Å². The molecule has 0 heterocycles. The van der Waals surface area contributed by atoms with Crippen molar-refractivity contribution in [1.82, 2.24) is 0 Å². The minimum absolute atomic E-state index is 0.0110. The molecule has 1 aromatic rings. The van der Waals surface area contributed by atoms with E-state index in [9.17, 15) is 5.11 Å². The van der Waals surface area contributed by atoms with Crippen LogP contribution in [0.15, 0.2) is 18.2 Å². The number of hydrogen-bond acceptors (Lipinski definition) is 4. The quantitative estimate of drug-likeness (QED) is 0.588. The summed E-state index contributed by atoms with van der Waals surface area (Å²) < 4.78 is 5.26. The van der Waals surface area contributed by atoms with Crippen LogP contribution in [0, 0.1) is 0 Å². The van der Waals surface area contributed by atoms with E-state index in [4.69, 9.17) is 14.8 Å². The monoisotopic (exact) mass is 196 g/mol. The molecule has 0 saturated heterocycles. The minimum atomic E-state index is -1.55. The maximum absolute atomic E-state index is 9.38. The molecule has 0 unspecified atom stereocenters. The lowest BCUT2D eigenvalue weighted by Gasteiger charge is -2.12. The van der Waals surface area contributed by atoms with Crippen LogP contribution in [0.3, 0.4) is 0 Å². The van der Waals surface area contributed by atoms with E-state index in [1.54, 1.807) is 0 Å². The fourth-order valence-electron chi connectivity index (χ4n) is 1.04. The third-order valence-corrected chi connectivity index (χ3v) is 1.64. The van der Waals surface area contributed by atoms with Crippen molar-refractivity contribution < 1.29 is 19.9 Å². The molecule has 0 aliphatic heterocycles.